The molecule has 2 aromatic carbocycles. The summed E-state index contributed by atoms with van der Waals surface area (Å²) in [5.74, 6) is -1.69. The highest BCUT2D eigenvalue weighted by Gasteiger charge is 2.78. The zero-order chi connectivity index (χ0) is 35.5. The topological polar surface area (TPSA) is 130 Å². The van der Waals surface area contributed by atoms with Gasteiger partial charge in [-0.2, -0.15) is 0 Å². The number of rotatable bonds is 17. The number of hydrogen-bond acceptors (Lipinski definition) is 8. The van der Waals surface area contributed by atoms with Gasteiger partial charge in [-0.3, -0.25) is 14.4 Å². The summed E-state index contributed by atoms with van der Waals surface area (Å²) in [6.45, 7) is 13.2. The molecule has 2 unspecified atom stereocenters. The van der Waals surface area contributed by atoms with Gasteiger partial charge in [-0.1, -0.05) is 42.3 Å². The van der Waals surface area contributed by atoms with E-state index < -0.39 is 29.1 Å². The number of carbonyl (C=O) groups is 3. The van der Waals surface area contributed by atoms with Crippen molar-refractivity contribution in [2.75, 3.05) is 37.7 Å². The molecule has 5 atom stereocenters. The molecule has 0 saturated carbocycles. The Bertz CT molecular complexity index is 1730. The molecule has 12 heteroatoms. The molecule has 50 heavy (non-hydrogen) atoms. The maximum atomic E-state index is 14.9. The molecule has 3 aromatic rings. The molecule has 266 valence electrons. The molecule has 3 aliphatic rings. The van der Waals surface area contributed by atoms with Gasteiger partial charge in [-0.15, -0.1) is 18.3 Å². The van der Waals surface area contributed by atoms with Crippen LogP contribution in [0.4, 0.5) is 5.69 Å². The van der Waals surface area contributed by atoms with E-state index in [4.69, 9.17) is 9.47 Å². The van der Waals surface area contributed by atoms with Crippen LogP contribution in [0.3, 0.4) is 0 Å². The number of fused-ring (bicyclic) bond motifs is 2. The number of benzene rings is 2. The predicted octanol–water partition coefficient (Wildman–Crippen LogP) is 4.34. The van der Waals surface area contributed by atoms with E-state index in [1.807, 2.05) is 62.4 Å². The zero-order valence-electron chi connectivity index (χ0n) is 29.1. The number of hydrogen-bond donors (Lipinski definition) is 1. The second kappa shape index (κ2) is 14.7. The minimum absolute atomic E-state index is 0.103. The first-order chi connectivity index (χ1) is 24.2. The lowest BCUT2D eigenvalue weighted by Gasteiger charge is -2.37. The highest BCUT2D eigenvalue weighted by atomic mass is 16.5. The monoisotopic (exact) mass is 684 g/mol. The van der Waals surface area contributed by atoms with E-state index in [1.165, 1.54) is 0 Å². The fourth-order valence-corrected chi connectivity index (χ4v) is 8.31. The van der Waals surface area contributed by atoms with Gasteiger partial charge in [-0.05, 0) is 75.9 Å². The molecule has 6 rings (SSSR count). The van der Waals surface area contributed by atoms with E-state index in [2.05, 4.69) is 23.5 Å². The Kier molecular flexibility index (Phi) is 10.4. The average Bonchev–Trinajstić information content (AvgIpc) is 3.82. The number of anilines is 1. The van der Waals surface area contributed by atoms with Crippen molar-refractivity contribution in [1.82, 2.24) is 24.8 Å². The van der Waals surface area contributed by atoms with Gasteiger partial charge in [0.1, 0.15) is 29.6 Å². The van der Waals surface area contributed by atoms with Gasteiger partial charge in [0.2, 0.25) is 17.7 Å². The van der Waals surface area contributed by atoms with E-state index in [0.29, 0.717) is 55.8 Å². The predicted molar refractivity (Wildman–Crippen MR) is 189 cm³/mol. The van der Waals surface area contributed by atoms with Crippen LogP contribution in [0.2, 0.25) is 0 Å². The number of para-hydroxylation sites is 1. The molecule has 0 aliphatic carbocycles. The number of likely N-dealkylation sites (tertiary alicyclic amines) is 1. The Morgan fingerprint density at radius 1 is 1.04 bits per heavy atom. The lowest BCUT2D eigenvalue weighted by Crippen LogP contribution is -2.56. The molecule has 3 fully saturated rings. The summed E-state index contributed by atoms with van der Waals surface area (Å²) in [5.41, 5.74) is 0.0217. The zero-order valence-corrected chi connectivity index (χ0v) is 29.1. The van der Waals surface area contributed by atoms with Crippen molar-refractivity contribution in [2.45, 2.75) is 76.3 Å². The van der Waals surface area contributed by atoms with Crippen molar-refractivity contribution in [2.24, 2.45) is 11.8 Å². The minimum Gasteiger partial charge on any atom is -0.494 e. The van der Waals surface area contributed by atoms with Crippen molar-refractivity contribution in [3.05, 3.63) is 73.8 Å². The molecule has 2 bridgehead atoms. The van der Waals surface area contributed by atoms with Crippen molar-refractivity contribution in [3.63, 3.8) is 0 Å². The minimum atomic E-state index is -1.18. The molecular formula is C38H48N6O6. The summed E-state index contributed by atoms with van der Waals surface area (Å²) in [5, 5.41) is 17.9. The Morgan fingerprint density at radius 3 is 2.50 bits per heavy atom. The lowest BCUT2D eigenvalue weighted by molar-refractivity contribution is -0.152. The normalized spacial score (nSPS) is 25.1. The molecule has 1 N–H and O–H groups in total. The summed E-state index contributed by atoms with van der Waals surface area (Å²) in [6.07, 6.45) is 7.25. The first-order valence-electron chi connectivity index (χ1n) is 17.7. The summed E-state index contributed by atoms with van der Waals surface area (Å²) < 4.78 is 14.2. The van der Waals surface area contributed by atoms with E-state index in [1.54, 1.807) is 31.5 Å². The van der Waals surface area contributed by atoms with E-state index in [-0.39, 0.29) is 44.1 Å². The molecule has 0 radical (unpaired) electrons. The number of aliphatic hydroxyl groups is 1. The SMILES string of the molecule is C=CCN(Cn1nnc2ccccc21)C(=O)C1N(CCCCCCO)C(=O)[C@@H]2[C@H](C(=O)N(CC=C)c3ccc(OCC)cc3)[C@]3(C)CCC12O3. The quantitative estimate of drug-likeness (QED) is 0.164. The van der Waals surface area contributed by atoms with Crippen LogP contribution in [0.15, 0.2) is 73.8 Å². The second-order valence-corrected chi connectivity index (χ2v) is 13.6. The van der Waals surface area contributed by atoms with Gasteiger partial charge >= 0.3 is 0 Å². The lowest BCUT2D eigenvalue weighted by atomic mass is 9.66. The van der Waals surface area contributed by atoms with Gasteiger partial charge < -0.3 is 29.3 Å². The van der Waals surface area contributed by atoms with Gasteiger partial charge in [0.05, 0.1) is 29.6 Å². The number of aromatic nitrogens is 3. The standard InChI is InChI=1S/C38H48N6O6/c1-5-22-41(26-44-30-15-11-10-14-29(30)39-40-44)36(48)33-38-21-20-37(4,50-38)31(32(38)35(47)43(33)24-12-8-9-13-25-45)34(46)42(23-6-2)27-16-18-28(19-17-27)49-7-3/h5-6,10-11,14-19,31-33,45H,1-2,7-9,12-13,20-26H2,3-4H3/t31-,32+,33?,37+,38?/m1/s1. The van der Waals surface area contributed by atoms with Crippen LogP contribution in [-0.4, -0.2) is 97.7 Å². The van der Waals surface area contributed by atoms with Crippen molar-refractivity contribution in [3.8, 4) is 5.75 Å². The highest BCUT2D eigenvalue weighted by Crippen LogP contribution is 2.63. The van der Waals surface area contributed by atoms with Gasteiger partial charge in [0.25, 0.3) is 0 Å². The molecule has 3 aliphatic heterocycles. The Balaban J connectivity index is 1.36. The number of carbonyl (C=O) groups excluding carboxylic acids is 3. The number of ether oxygens (including phenoxy) is 2. The molecule has 12 nitrogen and oxygen atoms in total. The van der Waals surface area contributed by atoms with Crippen LogP contribution in [-0.2, 0) is 25.8 Å². The van der Waals surface area contributed by atoms with Crippen LogP contribution >= 0.6 is 0 Å². The Morgan fingerprint density at radius 2 is 1.78 bits per heavy atom. The molecule has 3 amide bonds. The third-order valence-electron chi connectivity index (χ3n) is 10.5. The first kappa shape index (κ1) is 35.3. The number of amides is 3. The van der Waals surface area contributed by atoms with Crippen LogP contribution in [0.1, 0.15) is 52.4 Å². The van der Waals surface area contributed by atoms with Crippen molar-refractivity contribution in [1.29, 1.82) is 0 Å². The molecule has 1 spiro atoms. The van der Waals surface area contributed by atoms with Crippen LogP contribution in [0.5, 0.6) is 5.75 Å². The maximum Gasteiger partial charge on any atom is 0.250 e. The Labute approximate surface area is 293 Å². The van der Waals surface area contributed by atoms with Crippen molar-refractivity contribution < 1.29 is 29.0 Å². The third-order valence-corrected chi connectivity index (χ3v) is 10.5. The van der Waals surface area contributed by atoms with E-state index >= 15 is 0 Å². The van der Waals surface area contributed by atoms with E-state index in [0.717, 1.165) is 18.4 Å². The first-order valence-corrected chi connectivity index (χ1v) is 17.7. The summed E-state index contributed by atoms with van der Waals surface area (Å²) in [7, 11) is 0. The van der Waals surface area contributed by atoms with Crippen LogP contribution in [0.25, 0.3) is 11.0 Å². The average molecular weight is 685 g/mol. The molecule has 3 saturated heterocycles. The van der Waals surface area contributed by atoms with Gasteiger partial charge in [0.15, 0.2) is 0 Å². The summed E-state index contributed by atoms with van der Waals surface area (Å²) in [4.78, 5) is 49.4. The van der Waals surface area contributed by atoms with Crippen molar-refractivity contribution >= 4 is 34.4 Å². The molecule has 1 aromatic heterocycles. The summed E-state index contributed by atoms with van der Waals surface area (Å²) in [6, 6.07) is 13.9. The maximum absolute atomic E-state index is 14.9. The Hall–Kier alpha value is -4.55. The van der Waals surface area contributed by atoms with E-state index in [9.17, 15) is 19.5 Å². The summed E-state index contributed by atoms with van der Waals surface area (Å²) >= 11 is 0. The number of unbranched alkanes of at least 4 members (excludes halogenated alkanes) is 3. The smallest absolute Gasteiger partial charge is 0.250 e. The molecule has 4 heterocycles. The van der Waals surface area contributed by atoms with Crippen LogP contribution in [0, 0.1) is 11.8 Å². The third kappa shape index (κ3) is 6.19. The fraction of sp³-hybridized carbons (Fsp3) is 0.500. The molecular weight excluding hydrogens is 636 g/mol. The number of aliphatic hydroxyl groups excluding tert-OH is 1. The van der Waals surface area contributed by atoms with Gasteiger partial charge in [0, 0.05) is 31.9 Å². The van der Waals surface area contributed by atoms with Gasteiger partial charge in [-0.25, -0.2) is 4.68 Å². The number of nitrogens with zero attached hydrogens (tertiary/aromatic N) is 6. The second-order valence-electron chi connectivity index (χ2n) is 13.6. The fourth-order valence-electron chi connectivity index (χ4n) is 8.31. The van der Waals surface area contributed by atoms with Crippen LogP contribution < -0.4 is 9.64 Å². The highest BCUT2D eigenvalue weighted by molar-refractivity contribution is 6.03. The largest absolute Gasteiger partial charge is 0.494 e.